The molecule has 2 aromatic rings. The van der Waals surface area contributed by atoms with Gasteiger partial charge in [0.2, 0.25) is 0 Å². The van der Waals surface area contributed by atoms with Gasteiger partial charge < -0.3 is 9.47 Å². The minimum Gasteiger partial charge on any atom is -0.346 e. The molecule has 2 aliphatic carbocycles. The number of ether oxygens (including phenoxy) is 2. The lowest BCUT2D eigenvalue weighted by molar-refractivity contribution is 0.0120. The van der Waals surface area contributed by atoms with Crippen LogP contribution in [0.3, 0.4) is 0 Å². The van der Waals surface area contributed by atoms with Crippen molar-refractivity contribution in [3.05, 3.63) is 96.1 Å². The van der Waals surface area contributed by atoms with Gasteiger partial charge in [0.05, 0.1) is 13.2 Å². The molecule has 166 valence electrons. The van der Waals surface area contributed by atoms with E-state index in [9.17, 15) is 0 Å². The Bertz CT molecular complexity index is 1120. The third-order valence-corrected chi connectivity index (χ3v) is 5.56. The van der Waals surface area contributed by atoms with Gasteiger partial charge in [0.15, 0.2) is 11.2 Å². The quantitative estimate of drug-likeness (QED) is 0.542. The van der Waals surface area contributed by atoms with Crippen molar-refractivity contribution in [3.8, 4) is 47.4 Å². The first kappa shape index (κ1) is 23.2. The standard InChI is InChI=1S/C32H26O2/c1-2-12-22-32(34-28-30-19-9-6-10-20-30)24-14-4-3-13-23-31(21-11-1,25-15-16-26-32)33-27-29-17-7-5-8-18-29/h1-10,17-20H,15-16,25-28H2/b2-1+,4-3+. The Labute approximate surface area is 203 Å². The summed E-state index contributed by atoms with van der Waals surface area (Å²) in [5, 5.41) is 0. The summed E-state index contributed by atoms with van der Waals surface area (Å²) >= 11 is 0. The van der Waals surface area contributed by atoms with Crippen molar-refractivity contribution in [1.29, 1.82) is 0 Å². The van der Waals surface area contributed by atoms with Crippen LogP contribution in [-0.4, -0.2) is 11.2 Å². The van der Waals surface area contributed by atoms with E-state index in [0.29, 0.717) is 26.1 Å². The molecule has 0 radical (unpaired) electrons. The summed E-state index contributed by atoms with van der Waals surface area (Å²) in [6, 6.07) is 20.2. The largest absolute Gasteiger partial charge is 0.346 e. The van der Waals surface area contributed by atoms with Crippen molar-refractivity contribution in [2.24, 2.45) is 0 Å². The zero-order chi connectivity index (χ0) is 23.4. The highest BCUT2D eigenvalue weighted by Crippen LogP contribution is 2.26. The highest BCUT2D eigenvalue weighted by atomic mass is 16.5. The SMILES string of the molecule is C1#CC2(OCc3ccccc3)C#C/C=C/C#CC(OCc3ccccc3)(C#C/C=C/1)CCCC2. The first-order chi connectivity index (χ1) is 16.8. The van der Waals surface area contributed by atoms with Gasteiger partial charge in [-0.15, -0.1) is 0 Å². The van der Waals surface area contributed by atoms with Crippen molar-refractivity contribution in [1.82, 2.24) is 0 Å². The van der Waals surface area contributed by atoms with Crippen molar-refractivity contribution in [3.63, 3.8) is 0 Å². The molecule has 0 heterocycles. The molecule has 0 aromatic heterocycles. The molecule has 4 rings (SSSR count). The van der Waals surface area contributed by atoms with E-state index < -0.39 is 11.2 Å². The van der Waals surface area contributed by atoms with Gasteiger partial charge in [0.1, 0.15) is 0 Å². The summed E-state index contributed by atoms with van der Waals surface area (Å²) < 4.78 is 12.7. The molecule has 2 bridgehead atoms. The summed E-state index contributed by atoms with van der Waals surface area (Å²) in [6.45, 7) is 0.892. The van der Waals surface area contributed by atoms with E-state index in [4.69, 9.17) is 9.47 Å². The van der Waals surface area contributed by atoms with Gasteiger partial charge in [-0.3, -0.25) is 0 Å². The topological polar surface area (TPSA) is 18.5 Å². The predicted octanol–water partition coefficient (Wildman–Crippen LogP) is 5.61. The van der Waals surface area contributed by atoms with E-state index in [0.717, 1.165) is 24.0 Å². The van der Waals surface area contributed by atoms with Crippen LogP contribution in [0.15, 0.2) is 85.0 Å². The second-order valence-corrected chi connectivity index (χ2v) is 8.15. The molecule has 2 nitrogen and oxygen atoms in total. The fourth-order valence-electron chi connectivity index (χ4n) is 3.71. The minimum absolute atomic E-state index is 0.446. The zero-order valence-electron chi connectivity index (χ0n) is 19.1. The van der Waals surface area contributed by atoms with E-state index in [1.54, 1.807) is 24.3 Å². The molecule has 2 heteroatoms. The summed E-state index contributed by atoms with van der Waals surface area (Å²) in [5.41, 5.74) is 0.456. The van der Waals surface area contributed by atoms with Crippen LogP contribution in [0.1, 0.15) is 36.8 Å². The Morgan fingerprint density at radius 3 is 1.24 bits per heavy atom. The summed E-state index contributed by atoms with van der Waals surface area (Å²) in [6.07, 6.45) is 10.1. The van der Waals surface area contributed by atoms with Crippen LogP contribution in [0.5, 0.6) is 0 Å². The van der Waals surface area contributed by atoms with Crippen LogP contribution in [-0.2, 0) is 22.7 Å². The van der Waals surface area contributed by atoms with E-state index in [2.05, 4.69) is 47.4 Å². The lowest BCUT2D eigenvalue weighted by Crippen LogP contribution is -2.31. The number of rotatable bonds is 6. The maximum atomic E-state index is 6.36. The van der Waals surface area contributed by atoms with Crippen LogP contribution in [0.25, 0.3) is 0 Å². The number of fused-ring (bicyclic) bond motifs is 5. The van der Waals surface area contributed by atoms with Gasteiger partial charge in [0, 0.05) is 0 Å². The van der Waals surface area contributed by atoms with Crippen LogP contribution < -0.4 is 0 Å². The molecule has 0 amide bonds. The first-order valence-electron chi connectivity index (χ1n) is 11.5. The molecule has 0 unspecified atom stereocenters. The molecule has 0 N–H and O–H groups in total. The fourth-order valence-corrected chi connectivity index (χ4v) is 3.71. The molecule has 0 atom stereocenters. The van der Waals surface area contributed by atoms with Crippen molar-refractivity contribution in [2.75, 3.05) is 0 Å². The molecule has 0 saturated heterocycles. The number of benzene rings is 2. The van der Waals surface area contributed by atoms with Crippen molar-refractivity contribution in [2.45, 2.75) is 50.1 Å². The lowest BCUT2D eigenvalue weighted by Gasteiger charge is -2.26. The van der Waals surface area contributed by atoms with Gasteiger partial charge in [-0.05, 0) is 84.8 Å². The van der Waals surface area contributed by atoms with Gasteiger partial charge in [-0.2, -0.15) is 0 Å². The molecule has 2 aliphatic rings. The van der Waals surface area contributed by atoms with Gasteiger partial charge >= 0.3 is 0 Å². The van der Waals surface area contributed by atoms with E-state index in [1.165, 1.54) is 0 Å². The lowest BCUT2D eigenvalue weighted by atomic mass is 9.91. The average molecular weight is 443 g/mol. The van der Waals surface area contributed by atoms with Gasteiger partial charge in [0.25, 0.3) is 0 Å². The molecular weight excluding hydrogens is 416 g/mol. The average Bonchev–Trinajstić information content (AvgIpc) is 2.87. The van der Waals surface area contributed by atoms with E-state index in [-0.39, 0.29) is 0 Å². The van der Waals surface area contributed by atoms with Gasteiger partial charge in [-0.25, -0.2) is 0 Å². The third-order valence-electron chi connectivity index (χ3n) is 5.56. The second-order valence-electron chi connectivity index (χ2n) is 8.15. The van der Waals surface area contributed by atoms with Crippen LogP contribution in [0.2, 0.25) is 0 Å². The maximum absolute atomic E-state index is 6.36. The highest BCUT2D eigenvalue weighted by Gasteiger charge is 2.30. The number of hydrogen-bond acceptors (Lipinski definition) is 2. The van der Waals surface area contributed by atoms with Crippen molar-refractivity contribution < 1.29 is 9.47 Å². The smallest absolute Gasteiger partial charge is 0.191 e. The Balaban J connectivity index is 1.62. The monoisotopic (exact) mass is 442 g/mol. The Morgan fingerprint density at radius 1 is 0.529 bits per heavy atom. The predicted molar refractivity (Wildman–Crippen MR) is 136 cm³/mol. The Hall–Kier alpha value is -3.92. The summed E-state index contributed by atoms with van der Waals surface area (Å²) in [7, 11) is 0. The number of allylic oxidation sites excluding steroid dienone is 4. The van der Waals surface area contributed by atoms with Crippen LogP contribution >= 0.6 is 0 Å². The van der Waals surface area contributed by atoms with E-state index >= 15 is 0 Å². The molecule has 0 spiro atoms. The van der Waals surface area contributed by atoms with Gasteiger partial charge in [-0.1, -0.05) is 84.3 Å². The van der Waals surface area contributed by atoms with Crippen molar-refractivity contribution >= 4 is 0 Å². The van der Waals surface area contributed by atoms with Crippen LogP contribution in [0, 0.1) is 47.4 Å². The molecular formula is C32H26O2. The molecule has 0 aliphatic heterocycles. The molecule has 0 saturated carbocycles. The molecule has 34 heavy (non-hydrogen) atoms. The second kappa shape index (κ2) is 11.8. The summed E-state index contributed by atoms with van der Waals surface area (Å²) in [5.74, 6) is 25.5. The maximum Gasteiger partial charge on any atom is 0.191 e. The zero-order valence-corrected chi connectivity index (χ0v) is 19.1. The number of hydrogen-bond donors (Lipinski definition) is 0. The minimum atomic E-state index is -0.864. The van der Waals surface area contributed by atoms with E-state index in [1.807, 2.05) is 60.7 Å². The fraction of sp³-hybridized carbons (Fsp3) is 0.250. The Kier molecular flexibility index (Phi) is 8.07. The first-order valence-corrected chi connectivity index (χ1v) is 11.5. The summed E-state index contributed by atoms with van der Waals surface area (Å²) in [4.78, 5) is 0. The highest BCUT2D eigenvalue weighted by molar-refractivity contribution is 5.42. The third kappa shape index (κ3) is 6.79. The normalized spacial score (nSPS) is 24.6. The molecule has 2 aromatic carbocycles. The molecule has 0 fully saturated rings. The van der Waals surface area contributed by atoms with Crippen LogP contribution in [0.4, 0.5) is 0 Å². The Morgan fingerprint density at radius 2 is 0.882 bits per heavy atom.